The Morgan fingerprint density at radius 1 is 1.45 bits per heavy atom. The maximum Gasteiger partial charge on any atom is 0.268 e. The number of rotatable bonds is 4. The average Bonchev–Trinajstić information content (AvgIpc) is 2.44. The first-order chi connectivity index (χ1) is 9.53. The number of methoxy groups -OCH3 is 1. The first kappa shape index (κ1) is 14.4. The van der Waals surface area contributed by atoms with Crippen molar-refractivity contribution in [3.63, 3.8) is 0 Å². The number of carbonyl (C=O) groups is 2. The summed E-state index contributed by atoms with van der Waals surface area (Å²) in [6.07, 6.45) is 0.804. The van der Waals surface area contributed by atoms with Crippen LogP contribution >= 0.6 is 0 Å². The molecule has 0 radical (unpaired) electrons. The number of nitrogens with zero attached hydrogens (tertiary/aromatic N) is 1. The van der Waals surface area contributed by atoms with E-state index in [1.54, 1.807) is 17.0 Å². The van der Waals surface area contributed by atoms with E-state index >= 15 is 0 Å². The van der Waals surface area contributed by atoms with Crippen molar-refractivity contribution >= 4 is 17.9 Å². The summed E-state index contributed by atoms with van der Waals surface area (Å²) in [6.45, 7) is 5.76. The third-order valence-electron chi connectivity index (χ3n) is 3.33. The molecule has 20 heavy (non-hydrogen) atoms. The summed E-state index contributed by atoms with van der Waals surface area (Å²) in [5, 5.41) is 0. The van der Waals surface area contributed by atoms with Gasteiger partial charge in [0.15, 0.2) is 17.6 Å². The van der Waals surface area contributed by atoms with Gasteiger partial charge in [0.2, 0.25) is 0 Å². The lowest BCUT2D eigenvalue weighted by Gasteiger charge is -2.37. The Morgan fingerprint density at radius 2 is 2.15 bits per heavy atom. The number of hydrogen-bond donors (Lipinski definition) is 0. The van der Waals surface area contributed by atoms with Crippen molar-refractivity contribution in [2.24, 2.45) is 0 Å². The van der Waals surface area contributed by atoms with Gasteiger partial charge in [0.1, 0.15) is 6.29 Å². The molecule has 1 aromatic carbocycles. The van der Waals surface area contributed by atoms with Gasteiger partial charge >= 0.3 is 0 Å². The lowest BCUT2D eigenvalue weighted by atomic mass is 10.1. The lowest BCUT2D eigenvalue weighted by Crippen LogP contribution is -2.49. The van der Waals surface area contributed by atoms with Crippen LogP contribution in [0.15, 0.2) is 12.1 Å². The van der Waals surface area contributed by atoms with Crippen molar-refractivity contribution in [2.45, 2.75) is 39.3 Å². The monoisotopic (exact) mass is 277 g/mol. The Hall–Kier alpha value is -2.04. The zero-order valence-corrected chi connectivity index (χ0v) is 12.2. The Labute approximate surface area is 118 Å². The van der Waals surface area contributed by atoms with Crippen molar-refractivity contribution in [3.05, 3.63) is 17.7 Å². The standard InChI is InChI=1S/C15H19NO4/c1-5-12-15(18)16(9(2)3)11-6-10(8-17)7-13(19-4)14(11)20-12/h6-9,12H,5H2,1-4H3. The molecular formula is C15H19NO4. The first-order valence-electron chi connectivity index (χ1n) is 6.70. The second-order valence-electron chi connectivity index (χ2n) is 5.01. The molecule has 1 unspecified atom stereocenters. The molecule has 1 aromatic rings. The van der Waals surface area contributed by atoms with Crippen LogP contribution in [0, 0.1) is 0 Å². The van der Waals surface area contributed by atoms with Gasteiger partial charge in [0.25, 0.3) is 5.91 Å². The van der Waals surface area contributed by atoms with E-state index in [4.69, 9.17) is 9.47 Å². The highest BCUT2D eigenvalue weighted by Crippen LogP contribution is 2.43. The van der Waals surface area contributed by atoms with E-state index in [0.29, 0.717) is 29.2 Å². The van der Waals surface area contributed by atoms with E-state index in [2.05, 4.69) is 0 Å². The Balaban J connectivity index is 2.64. The third-order valence-corrected chi connectivity index (χ3v) is 3.33. The van der Waals surface area contributed by atoms with Crippen LogP contribution in [0.25, 0.3) is 0 Å². The molecule has 0 saturated carbocycles. The highest BCUT2D eigenvalue weighted by molar-refractivity contribution is 6.02. The molecule has 1 amide bonds. The zero-order chi connectivity index (χ0) is 14.9. The number of aldehydes is 1. The van der Waals surface area contributed by atoms with Crippen LogP contribution in [0.5, 0.6) is 11.5 Å². The van der Waals surface area contributed by atoms with Crippen LogP contribution in [-0.2, 0) is 4.79 Å². The van der Waals surface area contributed by atoms with Gasteiger partial charge in [-0.05, 0) is 32.4 Å². The molecule has 2 rings (SSSR count). The van der Waals surface area contributed by atoms with E-state index in [1.807, 2.05) is 20.8 Å². The number of carbonyl (C=O) groups excluding carboxylic acids is 2. The Morgan fingerprint density at radius 3 is 2.65 bits per heavy atom. The minimum Gasteiger partial charge on any atom is -0.493 e. The van der Waals surface area contributed by atoms with Crippen molar-refractivity contribution < 1.29 is 19.1 Å². The Bertz CT molecular complexity index is 539. The van der Waals surface area contributed by atoms with Gasteiger partial charge < -0.3 is 14.4 Å². The van der Waals surface area contributed by atoms with Crippen LogP contribution in [0.1, 0.15) is 37.6 Å². The largest absolute Gasteiger partial charge is 0.493 e. The number of benzene rings is 1. The van der Waals surface area contributed by atoms with Gasteiger partial charge in [0.05, 0.1) is 12.8 Å². The molecule has 108 valence electrons. The summed E-state index contributed by atoms with van der Waals surface area (Å²) in [7, 11) is 1.52. The van der Waals surface area contributed by atoms with E-state index in [1.165, 1.54) is 7.11 Å². The predicted octanol–water partition coefficient (Wildman–Crippen LogP) is 2.42. The van der Waals surface area contributed by atoms with Crippen molar-refractivity contribution in [2.75, 3.05) is 12.0 Å². The van der Waals surface area contributed by atoms with Gasteiger partial charge in [-0.15, -0.1) is 0 Å². The predicted molar refractivity (Wildman–Crippen MR) is 75.7 cm³/mol. The van der Waals surface area contributed by atoms with E-state index < -0.39 is 6.10 Å². The fourth-order valence-corrected chi connectivity index (χ4v) is 2.38. The molecule has 0 bridgehead atoms. The van der Waals surface area contributed by atoms with Crippen LogP contribution in [0.2, 0.25) is 0 Å². The average molecular weight is 277 g/mol. The van der Waals surface area contributed by atoms with E-state index in [9.17, 15) is 9.59 Å². The second kappa shape index (κ2) is 5.53. The van der Waals surface area contributed by atoms with E-state index in [0.717, 1.165) is 6.29 Å². The van der Waals surface area contributed by atoms with Gasteiger partial charge in [-0.3, -0.25) is 9.59 Å². The van der Waals surface area contributed by atoms with Crippen LogP contribution in [-0.4, -0.2) is 31.4 Å². The molecule has 5 nitrogen and oxygen atoms in total. The molecule has 0 aliphatic carbocycles. The summed E-state index contributed by atoms with van der Waals surface area (Å²) >= 11 is 0. The van der Waals surface area contributed by atoms with Crippen LogP contribution in [0.4, 0.5) is 5.69 Å². The van der Waals surface area contributed by atoms with E-state index in [-0.39, 0.29) is 11.9 Å². The number of ether oxygens (including phenoxy) is 2. The molecule has 1 aliphatic rings. The molecule has 1 atom stereocenters. The molecule has 0 N–H and O–H groups in total. The smallest absolute Gasteiger partial charge is 0.268 e. The molecule has 0 spiro atoms. The molecule has 5 heteroatoms. The molecule has 0 aromatic heterocycles. The summed E-state index contributed by atoms with van der Waals surface area (Å²) in [4.78, 5) is 25.1. The number of hydrogen-bond acceptors (Lipinski definition) is 4. The molecule has 0 fully saturated rings. The number of anilines is 1. The maximum atomic E-state index is 12.4. The van der Waals surface area contributed by atoms with Crippen molar-refractivity contribution in [1.29, 1.82) is 0 Å². The van der Waals surface area contributed by atoms with Crippen molar-refractivity contribution in [3.8, 4) is 11.5 Å². The SMILES string of the molecule is CCC1Oc2c(OC)cc(C=O)cc2N(C(C)C)C1=O. The van der Waals surface area contributed by atoms with Gasteiger partial charge in [-0.1, -0.05) is 6.92 Å². The fraction of sp³-hybridized carbons (Fsp3) is 0.467. The normalized spacial score (nSPS) is 17.8. The maximum absolute atomic E-state index is 12.4. The molecular weight excluding hydrogens is 258 g/mol. The number of fused-ring (bicyclic) bond motifs is 1. The minimum atomic E-state index is -0.513. The number of amides is 1. The summed E-state index contributed by atoms with van der Waals surface area (Å²) in [5.41, 5.74) is 1.05. The quantitative estimate of drug-likeness (QED) is 0.793. The minimum absolute atomic E-state index is 0.0224. The first-order valence-corrected chi connectivity index (χ1v) is 6.70. The fourth-order valence-electron chi connectivity index (χ4n) is 2.38. The van der Waals surface area contributed by atoms with Gasteiger partial charge in [-0.2, -0.15) is 0 Å². The summed E-state index contributed by atoms with van der Waals surface area (Å²) in [6, 6.07) is 3.26. The third kappa shape index (κ3) is 2.24. The Kier molecular flexibility index (Phi) is 3.97. The van der Waals surface area contributed by atoms with Gasteiger partial charge in [0, 0.05) is 11.6 Å². The van der Waals surface area contributed by atoms with Crippen LogP contribution < -0.4 is 14.4 Å². The molecule has 1 heterocycles. The lowest BCUT2D eigenvalue weighted by molar-refractivity contribution is -0.126. The van der Waals surface area contributed by atoms with Crippen LogP contribution in [0.3, 0.4) is 0 Å². The second-order valence-corrected chi connectivity index (χ2v) is 5.01. The summed E-state index contributed by atoms with van der Waals surface area (Å²) in [5.74, 6) is 0.916. The summed E-state index contributed by atoms with van der Waals surface area (Å²) < 4.78 is 11.1. The highest BCUT2D eigenvalue weighted by Gasteiger charge is 2.36. The molecule has 1 aliphatic heterocycles. The van der Waals surface area contributed by atoms with Gasteiger partial charge in [-0.25, -0.2) is 0 Å². The molecule has 0 saturated heterocycles. The van der Waals surface area contributed by atoms with Crippen molar-refractivity contribution in [1.82, 2.24) is 0 Å². The zero-order valence-electron chi connectivity index (χ0n) is 12.2. The highest BCUT2D eigenvalue weighted by atomic mass is 16.5. The topological polar surface area (TPSA) is 55.8 Å².